The van der Waals surface area contributed by atoms with E-state index in [1.54, 1.807) is 12.1 Å². The normalized spacial score (nSPS) is 22.3. The van der Waals surface area contributed by atoms with Crippen molar-refractivity contribution in [2.75, 3.05) is 6.54 Å². The number of amides is 1. The van der Waals surface area contributed by atoms with Gasteiger partial charge in [0, 0.05) is 12.1 Å². The first-order chi connectivity index (χ1) is 9.92. The topological polar surface area (TPSA) is 84.3 Å². The van der Waals surface area contributed by atoms with Crippen molar-refractivity contribution in [3.05, 3.63) is 39.9 Å². The molecule has 1 aliphatic heterocycles. The van der Waals surface area contributed by atoms with E-state index in [1.807, 2.05) is 13.8 Å². The fraction of sp³-hybridized carbons (Fsp3) is 0.533. The van der Waals surface area contributed by atoms with E-state index < -0.39 is 10.5 Å². The van der Waals surface area contributed by atoms with E-state index >= 15 is 0 Å². The molecule has 1 aromatic rings. The SMILES string of the molecule is CC(NC(=O)C1(C)CCCCN1)c1cccc([N+](=O)[O-])c1.Cl. The Morgan fingerprint density at radius 1 is 1.45 bits per heavy atom. The molecule has 1 amide bonds. The predicted octanol–water partition coefficient (Wildman–Crippen LogP) is 2.73. The summed E-state index contributed by atoms with van der Waals surface area (Å²) in [6, 6.07) is 6.10. The van der Waals surface area contributed by atoms with Crippen LogP contribution >= 0.6 is 12.4 Å². The van der Waals surface area contributed by atoms with Crippen LogP contribution in [0.25, 0.3) is 0 Å². The number of carbonyl (C=O) groups excluding carboxylic acids is 1. The Morgan fingerprint density at radius 3 is 2.77 bits per heavy atom. The molecule has 7 heteroatoms. The number of nitrogens with zero attached hydrogens (tertiary/aromatic N) is 1. The largest absolute Gasteiger partial charge is 0.348 e. The van der Waals surface area contributed by atoms with Crippen molar-refractivity contribution in [3.8, 4) is 0 Å². The minimum atomic E-state index is -0.548. The van der Waals surface area contributed by atoms with Gasteiger partial charge >= 0.3 is 0 Å². The van der Waals surface area contributed by atoms with Crippen molar-refractivity contribution in [1.82, 2.24) is 10.6 Å². The number of nitro benzene ring substituents is 1. The first kappa shape index (κ1) is 18.4. The molecule has 1 aromatic carbocycles. The third kappa shape index (κ3) is 4.18. The molecule has 0 spiro atoms. The summed E-state index contributed by atoms with van der Waals surface area (Å²) in [6.07, 6.45) is 2.92. The highest BCUT2D eigenvalue weighted by Crippen LogP contribution is 2.22. The highest BCUT2D eigenvalue weighted by molar-refractivity contribution is 5.86. The Hall–Kier alpha value is -1.66. The maximum absolute atomic E-state index is 12.4. The Kier molecular flexibility index (Phi) is 6.32. The van der Waals surface area contributed by atoms with E-state index in [-0.39, 0.29) is 30.0 Å². The zero-order chi connectivity index (χ0) is 15.5. The van der Waals surface area contributed by atoms with Gasteiger partial charge in [0.2, 0.25) is 5.91 Å². The van der Waals surface area contributed by atoms with E-state index in [1.165, 1.54) is 12.1 Å². The number of benzene rings is 1. The lowest BCUT2D eigenvalue weighted by molar-refractivity contribution is -0.384. The van der Waals surface area contributed by atoms with E-state index in [2.05, 4.69) is 10.6 Å². The standard InChI is InChI=1S/C15H21N3O3.ClH/c1-11(12-6-5-7-13(10-12)18(20)21)17-14(19)15(2)8-3-4-9-16-15;/h5-7,10-11,16H,3-4,8-9H2,1-2H3,(H,17,19);1H. The lowest BCUT2D eigenvalue weighted by Gasteiger charge is -2.34. The van der Waals surface area contributed by atoms with Crippen LogP contribution in [0, 0.1) is 10.1 Å². The van der Waals surface area contributed by atoms with E-state index in [0.717, 1.165) is 31.4 Å². The van der Waals surface area contributed by atoms with Crippen LogP contribution < -0.4 is 10.6 Å². The monoisotopic (exact) mass is 327 g/mol. The van der Waals surface area contributed by atoms with Crippen molar-refractivity contribution < 1.29 is 9.72 Å². The number of nitrogens with one attached hydrogen (secondary N) is 2. The molecule has 0 saturated carbocycles. The average molecular weight is 328 g/mol. The van der Waals surface area contributed by atoms with Crippen molar-refractivity contribution >= 4 is 24.0 Å². The van der Waals surface area contributed by atoms with Crippen molar-refractivity contribution in [2.45, 2.75) is 44.7 Å². The quantitative estimate of drug-likeness (QED) is 0.658. The smallest absolute Gasteiger partial charge is 0.269 e. The van der Waals surface area contributed by atoms with Gasteiger partial charge in [0.15, 0.2) is 0 Å². The van der Waals surface area contributed by atoms with Crippen LogP contribution in [0.5, 0.6) is 0 Å². The molecule has 0 aromatic heterocycles. The number of hydrogen-bond donors (Lipinski definition) is 2. The summed E-state index contributed by atoms with van der Waals surface area (Å²) < 4.78 is 0. The Labute approximate surface area is 136 Å². The summed E-state index contributed by atoms with van der Waals surface area (Å²) in [6.45, 7) is 4.58. The maximum atomic E-state index is 12.4. The van der Waals surface area contributed by atoms with E-state index in [4.69, 9.17) is 0 Å². The van der Waals surface area contributed by atoms with Crippen molar-refractivity contribution in [1.29, 1.82) is 0 Å². The molecule has 1 heterocycles. The molecule has 0 radical (unpaired) electrons. The van der Waals surface area contributed by atoms with Gasteiger partial charge in [-0.2, -0.15) is 0 Å². The van der Waals surface area contributed by atoms with E-state index in [9.17, 15) is 14.9 Å². The molecule has 6 nitrogen and oxygen atoms in total. The van der Waals surface area contributed by atoms with Crippen LogP contribution in [0.2, 0.25) is 0 Å². The Balaban J connectivity index is 0.00000242. The van der Waals surface area contributed by atoms with Gasteiger partial charge in [0.25, 0.3) is 5.69 Å². The zero-order valence-electron chi connectivity index (χ0n) is 12.8. The lowest BCUT2D eigenvalue weighted by Crippen LogP contribution is -2.57. The molecule has 0 bridgehead atoms. The first-order valence-corrected chi connectivity index (χ1v) is 7.23. The predicted molar refractivity (Wildman–Crippen MR) is 87.2 cm³/mol. The van der Waals surface area contributed by atoms with Gasteiger partial charge in [0.05, 0.1) is 16.5 Å². The van der Waals surface area contributed by atoms with Crippen LogP contribution in [0.1, 0.15) is 44.7 Å². The number of nitro groups is 1. The molecule has 22 heavy (non-hydrogen) atoms. The Bertz CT molecular complexity index is 545. The van der Waals surface area contributed by atoms with Gasteiger partial charge in [-0.25, -0.2) is 0 Å². The highest BCUT2D eigenvalue weighted by Gasteiger charge is 2.34. The number of non-ortho nitro benzene ring substituents is 1. The minimum absolute atomic E-state index is 0. The first-order valence-electron chi connectivity index (χ1n) is 7.23. The number of carbonyl (C=O) groups is 1. The number of hydrogen-bond acceptors (Lipinski definition) is 4. The summed E-state index contributed by atoms with van der Waals surface area (Å²) in [5.74, 6) is -0.0544. The second-order valence-electron chi connectivity index (χ2n) is 5.76. The van der Waals surface area contributed by atoms with Crippen LogP contribution in [-0.2, 0) is 4.79 Å². The number of piperidine rings is 1. The van der Waals surface area contributed by atoms with Gasteiger partial charge in [-0.1, -0.05) is 12.1 Å². The third-order valence-corrected chi connectivity index (χ3v) is 4.05. The molecule has 2 atom stereocenters. The van der Waals surface area contributed by atoms with Gasteiger partial charge in [-0.05, 0) is 45.2 Å². The fourth-order valence-electron chi connectivity index (χ4n) is 2.60. The summed E-state index contributed by atoms with van der Waals surface area (Å²) in [4.78, 5) is 22.8. The maximum Gasteiger partial charge on any atom is 0.269 e. The van der Waals surface area contributed by atoms with Crippen LogP contribution in [-0.4, -0.2) is 22.9 Å². The lowest BCUT2D eigenvalue weighted by atomic mass is 9.89. The molecule has 122 valence electrons. The zero-order valence-corrected chi connectivity index (χ0v) is 13.6. The molecular weight excluding hydrogens is 306 g/mol. The second-order valence-corrected chi connectivity index (χ2v) is 5.76. The molecule has 1 aliphatic rings. The average Bonchev–Trinajstić information content (AvgIpc) is 2.48. The van der Waals surface area contributed by atoms with Crippen molar-refractivity contribution in [2.24, 2.45) is 0 Å². The second kappa shape index (κ2) is 7.56. The molecule has 0 aliphatic carbocycles. The summed E-state index contributed by atoms with van der Waals surface area (Å²) in [5.41, 5.74) is 0.223. The minimum Gasteiger partial charge on any atom is -0.348 e. The molecule has 2 unspecified atom stereocenters. The van der Waals surface area contributed by atoms with Gasteiger partial charge in [-0.3, -0.25) is 14.9 Å². The number of rotatable bonds is 4. The highest BCUT2D eigenvalue weighted by atomic mass is 35.5. The summed E-state index contributed by atoms with van der Waals surface area (Å²) in [5, 5.41) is 17.0. The molecule has 1 saturated heterocycles. The van der Waals surface area contributed by atoms with Crippen LogP contribution in [0.15, 0.2) is 24.3 Å². The van der Waals surface area contributed by atoms with Gasteiger partial charge in [0.1, 0.15) is 0 Å². The van der Waals surface area contributed by atoms with Gasteiger partial charge in [-0.15, -0.1) is 12.4 Å². The molecular formula is C15H22ClN3O3. The summed E-state index contributed by atoms with van der Waals surface area (Å²) >= 11 is 0. The van der Waals surface area contributed by atoms with Crippen LogP contribution in [0.3, 0.4) is 0 Å². The van der Waals surface area contributed by atoms with Gasteiger partial charge < -0.3 is 10.6 Å². The molecule has 2 rings (SSSR count). The third-order valence-electron chi connectivity index (χ3n) is 4.05. The van der Waals surface area contributed by atoms with Crippen molar-refractivity contribution in [3.63, 3.8) is 0 Å². The molecule has 2 N–H and O–H groups in total. The van der Waals surface area contributed by atoms with Crippen LogP contribution in [0.4, 0.5) is 5.69 Å². The summed E-state index contributed by atoms with van der Waals surface area (Å²) in [7, 11) is 0. The fourth-order valence-corrected chi connectivity index (χ4v) is 2.60. The number of halogens is 1. The Morgan fingerprint density at radius 2 is 2.18 bits per heavy atom. The van der Waals surface area contributed by atoms with E-state index in [0.29, 0.717) is 0 Å². The molecule has 1 fully saturated rings.